The van der Waals surface area contributed by atoms with Gasteiger partial charge in [-0.1, -0.05) is 12.1 Å². The second-order valence-electron chi connectivity index (χ2n) is 7.10. The summed E-state index contributed by atoms with van der Waals surface area (Å²) in [7, 11) is 0. The predicted octanol–water partition coefficient (Wildman–Crippen LogP) is 3.83. The molecule has 1 N–H and O–H groups in total. The maximum Gasteiger partial charge on any atom is 0.127 e. The Balaban J connectivity index is 2.21. The third kappa shape index (κ3) is 3.62. The van der Waals surface area contributed by atoms with Crippen molar-refractivity contribution in [1.82, 2.24) is 5.06 Å². The maximum absolute atomic E-state index is 13.0. The molecule has 118 valence electrons. The van der Waals surface area contributed by atoms with Gasteiger partial charge in [-0.3, -0.25) is 4.84 Å². The Kier molecular flexibility index (Phi) is 4.71. The van der Waals surface area contributed by atoms with E-state index in [1.165, 1.54) is 18.6 Å². The summed E-state index contributed by atoms with van der Waals surface area (Å²) >= 11 is 0. The van der Waals surface area contributed by atoms with E-state index in [0.29, 0.717) is 0 Å². The standard InChI is InChI=1S/C17H26FNO2/c1-16(2)10-5-11-17(3,4)19(16)21-15(12-20)13-6-8-14(18)9-7-13/h6-9,15,20H,5,10-12H2,1-4H3/t15-/m1/s1. The van der Waals surface area contributed by atoms with Crippen molar-refractivity contribution in [1.29, 1.82) is 0 Å². The van der Waals surface area contributed by atoms with Crippen molar-refractivity contribution < 1.29 is 14.3 Å². The number of aliphatic hydroxyl groups is 1. The first-order valence-corrected chi connectivity index (χ1v) is 7.60. The van der Waals surface area contributed by atoms with Crippen LogP contribution in [0.5, 0.6) is 0 Å². The zero-order valence-electron chi connectivity index (χ0n) is 13.4. The summed E-state index contributed by atoms with van der Waals surface area (Å²) in [4.78, 5) is 6.16. The van der Waals surface area contributed by atoms with Crippen molar-refractivity contribution in [2.75, 3.05) is 6.61 Å². The summed E-state index contributed by atoms with van der Waals surface area (Å²) < 4.78 is 13.0. The van der Waals surface area contributed by atoms with Crippen LogP contribution in [0, 0.1) is 5.82 Å². The number of benzene rings is 1. The summed E-state index contributed by atoms with van der Waals surface area (Å²) in [6.07, 6.45) is 2.80. The highest BCUT2D eigenvalue weighted by Gasteiger charge is 2.43. The minimum Gasteiger partial charge on any atom is -0.393 e. The van der Waals surface area contributed by atoms with Crippen molar-refractivity contribution in [3.8, 4) is 0 Å². The quantitative estimate of drug-likeness (QED) is 0.916. The van der Waals surface area contributed by atoms with Gasteiger partial charge in [-0.25, -0.2) is 4.39 Å². The molecule has 1 aromatic carbocycles. The fraction of sp³-hybridized carbons (Fsp3) is 0.647. The lowest BCUT2D eigenvalue weighted by Crippen LogP contribution is -2.58. The minimum atomic E-state index is -0.470. The monoisotopic (exact) mass is 295 g/mol. The lowest BCUT2D eigenvalue weighted by Gasteiger charge is -2.52. The number of halogens is 1. The molecule has 0 radical (unpaired) electrons. The van der Waals surface area contributed by atoms with Crippen LogP contribution < -0.4 is 0 Å². The van der Waals surface area contributed by atoms with Crippen LogP contribution in [-0.2, 0) is 4.84 Å². The fourth-order valence-corrected chi connectivity index (χ4v) is 3.27. The Hall–Kier alpha value is -0.970. The molecule has 1 fully saturated rings. The number of rotatable bonds is 4. The number of hydroxylamine groups is 2. The molecule has 2 rings (SSSR count). The molecule has 1 heterocycles. The van der Waals surface area contributed by atoms with Gasteiger partial charge in [-0.15, -0.1) is 0 Å². The van der Waals surface area contributed by atoms with Gasteiger partial charge >= 0.3 is 0 Å². The van der Waals surface area contributed by atoms with Gasteiger partial charge in [0.2, 0.25) is 0 Å². The second kappa shape index (κ2) is 6.03. The Morgan fingerprint density at radius 3 is 2.14 bits per heavy atom. The van der Waals surface area contributed by atoms with Crippen LogP contribution in [0.2, 0.25) is 0 Å². The number of hydrogen-bond donors (Lipinski definition) is 1. The molecule has 1 aromatic rings. The van der Waals surface area contributed by atoms with Crippen LogP contribution >= 0.6 is 0 Å². The summed E-state index contributed by atoms with van der Waals surface area (Å²) in [5.74, 6) is -0.283. The molecule has 21 heavy (non-hydrogen) atoms. The lowest BCUT2D eigenvalue weighted by atomic mass is 9.82. The van der Waals surface area contributed by atoms with Gasteiger partial charge in [0.15, 0.2) is 0 Å². The average molecular weight is 295 g/mol. The van der Waals surface area contributed by atoms with Gasteiger partial charge in [-0.2, -0.15) is 5.06 Å². The van der Waals surface area contributed by atoms with Gasteiger partial charge < -0.3 is 5.11 Å². The zero-order valence-corrected chi connectivity index (χ0v) is 13.4. The summed E-state index contributed by atoms with van der Waals surface area (Å²) in [6, 6.07) is 6.13. The van der Waals surface area contributed by atoms with E-state index in [0.717, 1.165) is 18.4 Å². The first-order chi connectivity index (χ1) is 9.76. The topological polar surface area (TPSA) is 32.7 Å². The molecule has 0 bridgehead atoms. The molecule has 1 atom stereocenters. The molecule has 0 aliphatic carbocycles. The van der Waals surface area contributed by atoms with Crippen LogP contribution in [0.1, 0.15) is 58.6 Å². The van der Waals surface area contributed by atoms with Crippen molar-refractivity contribution in [2.24, 2.45) is 0 Å². The van der Waals surface area contributed by atoms with E-state index in [2.05, 4.69) is 27.7 Å². The van der Waals surface area contributed by atoms with Gasteiger partial charge in [0.25, 0.3) is 0 Å². The van der Waals surface area contributed by atoms with E-state index in [-0.39, 0.29) is 23.5 Å². The van der Waals surface area contributed by atoms with Gasteiger partial charge in [0.1, 0.15) is 11.9 Å². The molecular weight excluding hydrogens is 269 g/mol. The number of piperidine rings is 1. The van der Waals surface area contributed by atoms with Gasteiger partial charge in [0.05, 0.1) is 6.61 Å². The molecule has 0 aromatic heterocycles. The van der Waals surface area contributed by atoms with Crippen molar-refractivity contribution in [3.05, 3.63) is 35.6 Å². The smallest absolute Gasteiger partial charge is 0.127 e. The first-order valence-electron chi connectivity index (χ1n) is 7.60. The molecule has 1 saturated heterocycles. The molecule has 0 amide bonds. The third-order valence-electron chi connectivity index (χ3n) is 4.32. The molecule has 0 unspecified atom stereocenters. The van der Waals surface area contributed by atoms with E-state index in [1.807, 2.05) is 5.06 Å². The van der Waals surface area contributed by atoms with Gasteiger partial charge in [-0.05, 0) is 64.7 Å². The van der Waals surface area contributed by atoms with Gasteiger partial charge in [0, 0.05) is 11.1 Å². The minimum absolute atomic E-state index is 0.0881. The molecule has 4 heteroatoms. The van der Waals surface area contributed by atoms with Crippen molar-refractivity contribution >= 4 is 0 Å². The highest BCUT2D eigenvalue weighted by atomic mass is 19.1. The fourth-order valence-electron chi connectivity index (χ4n) is 3.27. The average Bonchev–Trinajstić information content (AvgIpc) is 2.39. The molecule has 1 aliphatic heterocycles. The van der Waals surface area contributed by atoms with E-state index in [1.54, 1.807) is 12.1 Å². The van der Waals surface area contributed by atoms with E-state index in [4.69, 9.17) is 4.84 Å². The van der Waals surface area contributed by atoms with E-state index < -0.39 is 6.10 Å². The molecule has 3 nitrogen and oxygen atoms in total. The largest absolute Gasteiger partial charge is 0.393 e. The zero-order chi connectivity index (χ0) is 15.7. The summed E-state index contributed by atoms with van der Waals surface area (Å²) in [6.45, 7) is 8.51. The molecule has 1 aliphatic rings. The second-order valence-corrected chi connectivity index (χ2v) is 7.10. The van der Waals surface area contributed by atoms with Crippen LogP contribution in [0.15, 0.2) is 24.3 Å². The first kappa shape index (κ1) is 16.4. The SMILES string of the molecule is CC1(C)CCCC(C)(C)N1O[C@H](CO)c1ccc(F)cc1. The van der Waals surface area contributed by atoms with Crippen LogP contribution in [-0.4, -0.2) is 27.9 Å². The Bertz CT molecular complexity index is 454. The Labute approximate surface area is 126 Å². The van der Waals surface area contributed by atoms with E-state index in [9.17, 15) is 9.50 Å². The number of nitrogens with zero attached hydrogens (tertiary/aromatic N) is 1. The molecule has 0 spiro atoms. The van der Waals surface area contributed by atoms with Crippen LogP contribution in [0.25, 0.3) is 0 Å². The summed E-state index contributed by atoms with van der Waals surface area (Å²) in [5.41, 5.74) is 0.612. The Morgan fingerprint density at radius 2 is 1.67 bits per heavy atom. The molecular formula is C17H26FNO2. The Morgan fingerprint density at radius 1 is 1.14 bits per heavy atom. The van der Waals surface area contributed by atoms with E-state index >= 15 is 0 Å². The number of hydrogen-bond acceptors (Lipinski definition) is 3. The maximum atomic E-state index is 13.0. The van der Waals surface area contributed by atoms with Crippen molar-refractivity contribution in [2.45, 2.75) is 64.1 Å². The normalized spacial score (nSPS) is 23.0. The summed E-state index contributed by atoms with van der Waals surface area (Å²) in [5, 5.41) is 11.7. The van der Waals surface area contributed by atoms with Crippen LogP contribution in [0.4, 0.5) is 4.39 Å². The van der Waals surface area contributed by atoms with Crippen LogP contribution in [0.3, 0.4) is 0 Å². The van der Waals surface area contributed by atoms with Crippen molar-refractivity contribution in [3.63, 3.8) is 0 Å². The lowest BCUT2D eigenvalue weighted by molar-refractivity contribution is -0.311. The number of aliphatic hydroxyl groups excluding tert-OH is 1. The highest BCUT2D eigenvalue weighted by Crippen LogP contribution is 2.40. The third-order valence-corrected chi connectivity index (χ3v) is 4.32. The predicted molar refractivity (Wildman–Crippen MR) is 81.2 cm³/mol. The molecule has 0 saturated carbocycles. The highest BCUT2D eigenvalue weighted by molar-refractivity contribution is 5.18.